The van der Waals surface area contributed by atoms with E-state index in [4.69, 9.17) is 4.74 Å². The van der Waals surface area contributed by atoms with Crippen molar-refractivity contribution in [3.8, 4) is 0 Å². The molecule has 1 aromatic rings. The molecular weight excluding hydrogens is 170 g/mol. The second kappa shape index (κ2) is 5.30. The number of hydrogen-bond donors (Lipinski definition) is 1. The van der Waals surface area contributed by atoms with Crippen LogP contribution >= 0.6 is 11.3 Å². The van der Waals surface area contributed by atoms with E-state index < -0.39 is 0 Å². The zero-order valence-electron chi connectivity index (χ0n) is 7.59. The van der Waals surface area contributed by atoms with Gasteiger partial charge in [0.05, 0.1) is 6.61 Å². The second-order valence-corrected chi connectivity index (χ2v) is 3.58. The van der Waals surface area contributed by atoms with Crippen LogP contribution in [0, 0.1) is 0 Å². The Hall–Kier alpha value is -0.380. The van der Waals surface area contributed by atoms with Gasteiger partial charge in [0.1, 0.15) is 0 Å². The Balaban J connectivity index is 2.41. The van der Waals surface area contributed by atoms with Crippen molar-refractivity contribution < 1.29 is 4.74 Å². The van der Waals surface area contributed by atoms with Crippen molar-refractivity contribution >= 4 is 11.3 Å². The summed E-state index contributed by atoms with van der Waals surface area (Å²) in [4.78, 5) is 1.37. The summed E-state index contributed by atoms with van der Waals surface area (Å²) in [5.74, 6) is 0. The minimum absolute atomic E-state index is 0.747. The summed E-state index contributed by atoms with van der Waals surface area (Å²) in [6.07, 6.45) is 0. The van der Waals surface area contributed by atoms with Crippen LogP contribution in [0.4, 0.5) is 0 Å². The molecule has 12 heavy (non-hydrogen) atoms. The standard InChI is InChI=1S/C9H15NOS/c1-3-11-6-8-4-9(5-10-2)12-7-8/h4,7,10H,3,5-6H2,1-2H3. The molecule has 3 heteroatoms. The summed E-state index contributed by atoms with van der Waals surface area (Å²) >= 11 is 1.78. The van der Waals surface area contributed by atoms with Gasteiger partial charge in [-0.05, 0) is 31.0 Å². The van der Waals surface area contributed by atoms with E-state index >= 15 is 0 Å². The van der Waals surface area contributed by atoms with Crippen LogP contribution < -0.4 is 5.32 Å². The Bertz CT molecular complexity index is 222. The number of nitrogens with one attached hydrogen (secondary N) is 1. The number of rotatable bonds is 5. The van der Waals surface area contributed by atoms with E-state index in [1.807, 2.05) is 14.0 Å². The average molecular weight is 185 g/mol. The van der Waals surface area contributed by atoms with Gasteiger partial charge in [-0.25, -0.2) is 0 Å². The van der Waals surface area contributed by atoms with E-state index in [2.05, 4.69) is 16.8 Å². The molecule has 1 rings (SSSR count). The van der Waals surface area contributed by atoms with Crippen LogP contribution in [0.3, 0.4) is 0 Å². The Morgan fingerprint density at radius 2 is 2.42 bits per heavy atom. The van der Waals surface area contributed by atoms with Crippen LogP contribution in [-0.2, 0) is 17.9 Å². The molecule has 1 aromatic heterocycles. The van der Waals surface area contributed by atoms with Crippen molar-refractivity contribution in [2.75, 3.05) is 13.7 Å². The highest BCUT2D eigenvalue weighted by Gasteiger charge is 1.97. The highest BCUT2D eigenvalue weighted by atomic mass is 32.1. The van der Waals surface area contributed by atoms with E-state index in [9.17, 15) is 0 Å². The molecule has 0 fully saturated rings. The molecule has 0 aliphatic carbocycles. The van der Waals surface area contributed by atoms with Gasteiger partial charge in [-0.2, -0.15) is 0 Å². The van der Waals surface area contributed by atoms with Gasteiger partial charge in [0, 0.05) is 18.0 Å². The van der Waals surface area contributed by atoms with Crippen LogP contribution in [0.2, 0.25) is 0 Å². The van der Waals surface area contributed by atoms with Crippen molar-refractivity contribution in [2.45, 2.75) is 20.1 Å². The Morgan fingerprint density at radius 1 is 1.58 bits per heavy atom. The molecule has 2 nitrogen and oxygen atoms in total. The first-order chi connectivity index (χ1) is 5.86. The molecule has 0 aromatic carbocycles. The Kier molecular flexibility index (Phi) is 4.29. The number of thiophene rings is 1. The topological polar surface area (TPSA) is 21.3 Å². The Morgan fingerprint density at radius 3 is 3.08 bits per heavy atom. The van der Waals surface area contributed by atoms with E-state index in [-0.39, 0.29) is 0 Å². The van der Waals surface area contributed by atoms with Gasteiger partial charge in [0.25, 0.3) is 0 Å². The third-order valence-electron chi connectivity index (χ3n) is 1.53. The monoisotopic (exact) mass is 185 g/mol. The van der Waals surface area contributed by atoms with Crippen LogP contribution in [0.5, 0.6) is 0 Å². The van der Waals surface area contributed by atoms with Crippen molar-refractivity contribution in [2.24, 2.45) is 0 Å². The minimum Gasteiger partial charge on any atom is -0.377 e. The molecule has 0 spiro atoms. The van der Waals surface area contributed by atoms with Crippen LogP contribution in [0.25, 0.3) is 0 Å². The Labute approximate surface area is 77.6 Å². The van der Waals surface area contributed by atoms with Gasteiger partial charge >= 0.3 is 0 Å². The van der Waals surface area contributed by atoms with Crippen molar-refractivity contribution in [3.05, 3.63) is 21.9 Å². The van der Waals surface area contributed by atoms with Gasteiger partial charge in [0.2, 0.25) is 0 Å². The molecular formula is C9H15NOS. The largest absolute Gasteiger partial charge is 0.377 e. The van der Waals surface area contributed by atoms with E-state index in [1.165, 1.54) is 10.4 Å². The highest BCUT2D eigenvalue weighted by molar-refractivity contribution is 7.10. The normalized spacial score (nSPS) is 10.5. The lowest BCUT2D eigenvalue weighted by atomic mass is 10.3. The number of ether oxygens (including phenoxy) is 1. The van der Waals surface area contributed by atoms with E-state index in [0.717, 1.165) is 19.8 Å². The van der Waals surface area contributed by atoms with Gasteiger partial charge in [-0.1, -0.05) is 0 Å². The summed E-state index contributed by atoms with van der Waals surface area (Å²) in [6, 6.07) is 2.19. The first-order valence-corrected chi connectivity index (χ1v) is 5.03. The van der Waals surface area contributed by atoms with Gasteiger partial charge in [0.15, 0.2) is 0 Å². The predicted molar refractivity (Wildman–Crippen MR) is 52.4 cm³/mol. The number of hydrogen-bond acceptors (Lipinski definition) is 3. The van der Waals surface area contributed by atoms with Crippen LogP contribution in [-0.4, -0.2) is 13.7 Å². The molecule has 0 radical (unpaired) electrons. The lowest BCUT2D eigenvalue weighted by Crippen LogP contribution is -2.02. The molecule has 1 heterocycles. The molecule has 0 unspecified atom stereocenters. The third kappa shape index (κ3) is 2.93. The molecule has 0 aliphatic rings. The lowest BCUT2D eigenvalue weighted by molar-refractivity contribution is 0.134. The van der Waals surface area contributed by atoms with E-state index in [0.29, 0.717) is 0 Å². The fourth-order valence-corrected chi connectivity index (χ4v) is 1.87. The molecule has 0 aliphatic heterocycles. The van der Waals surface area contributed by atoms with Crippen LogP contribution in [0.15, 0.2) is 11.4 Å². The lowest BCUT2D eigenvalue weighted by Gasteiger charge is -1.96. The molecule has 0 bridgehead atoms. The predicted octanol–water partition coefficient (Wildman–Crippen LogP) is 2.00. The zero-order chi connectivity index (χ0) is 8.81. The molecule has 0 saturated carbocycles. The molecule has 0 atom stereocenters. The minimum atomic E-state index is 0.747. The average Bonchev–Trinajstić information content (AvgIpc) is 2.50. The van der Waals surface area contributed by atoms with E-state index in [1.54, 1.807) is 11.3 Å². The first kappa shape index (κ1) is 9.71. The SMILES string of the molecule is CCOCc1csc(CNC)c1. The van der Waals surface area contributed by atoms with Gasteiger partial charge in [-0.15, -0.1) is 11.3 Å². The summed E-state index contributed by atoms with van der Waals surface area (Å²) in [6.45, 7) is 4.51. The molecule has 1 N–H and O–H groups in total. The summed E-state index contributed by atoms with van der Waals surface area (Å²) in [5, 5.41) is 5.28. The zero-order valence-corrected chi connectivity index (χ0v) is 8.41. The molecule has 0 saturated heterocycles. The van der Waals surface area contributed by atoms with Gasteiger partial charge < -0.3 is 10.1 Å². The summed E-state index contributed by atoms with van der Waals surface area (Å²) < 4.78 is 5.30. The third-order valence-corrected chi connectivity index (χ3v) is 2.52. The fourth-order valence-electron chi connectivity index (χ4n) is 0.989. The fraction of sp³-hybridized carbons (Fsp3) is 0.556. The summed E-state index contributed by atoms with van der Waals surface area (Å²) in [5.41, 5.74) is 1.28. The van der Waals surface area contributed by atoms with Crippen molar-refractivity contribution in [1.82, 2.24) is 5.32 Å². The molecule has 68 valence electrons. The quantitative estimate of drug-likeness (QED) is 0.757. The van der Waals surface area contributed by atoms with Crippen molar-refractivity contribution in [1.29, 1.82) is 0 Å². The highest BCUT2D eigenvalue weighted by Crippen LogP contribution is 2.14. The maximum Gasteiger partial charge on any atom is 0.0724 e. The molecule has 0 amide bonds. The van der Waals surface area contributed by atoms with Gasteiger partial charge in [-0.3, -0.25) is 0 Å². The first-order valence-electron chi connectivity index (χ1n) is 4.15. The maximum atomic E-state index is 5.30. The smallest absolute Gasteiger partial charge is 0.0724 e. The van der Waals surface area contributed by atoms with Crippen molar-refractivity contribution in [3.63, 3.8) is 0 Å². The maximum absolute atomic E-state index is 5.30. The second-order valence-electron chi connectivity index (χ2n) is 2.59. The summed E-state index contributed by atoms with van der Waals surface area (Å²) in [7, 11) is 1.96. The van der Waals surface area contributed by atoms with Crippen LogP contribution in [0.1, 0.15) is 17.4 Å².